The van der Waals surface area contributed by atoms with Crippen LogP contribution in [-0.4, -0.2) is 9.97 Å². The molecule has 17 heavy (non-hydrogen) atoms. The van der Waals surface area contributed by atoms with Crippen LogP contribution in [0.1, 0.15) is 11.1 Å². The van der Waals surface area contributed by atoms with Crippen molar-refractivity contribution in [2.24, 2.45) is 0 Å². The highest BCUT2D eigenvalue weighted by molar-refractivity contribution is 5.48. The Kier molecular flexibility index (Phi) is 3.26. The van der Waals surface area contributed by atoms with E-state index in [-0.39, 0.29) is 0 Å². The Bertz CT molecular complexity index is 548. The summed E-state index contributed by atoms with van der Waals surface area (Å²) >= 11 is 0. The molecule has 1 aromatic carbocycles. The standard InChI is InChI=1S/C12H9FN4/c13-11-3-9(4-14)1-2-12(11)17-7-10-5-15-8-16-6-10/h1-3,5-6,8,17H,7H2. The second-order valence-electron chi connectivity index (χ2n) is 3.41. The second-order valence-corrected chi connectivity index (χ2v) is 3.41. The number of nitrogens with zero attached hydrogens (tertiary/aromatic N) is 3. The Hall–Kier alpha value is -2.48. The first-order chi connectivity index (χ1) is 8.29. The zero-order valence-electron chi connectivity index (χ0n) is 8.89. The van der Waals surface area contributed by atoms with E-state index in [1.807, 2.05) is 6.07 Å². The van der Waals surface area contributed by atoms with Crippen LogP contribution in [0.3, 0.4) is 0 Å². The van der Waals surface area contributed by atoms with E-state index < -0.39 is 5.82 Å². The Morgan fingerprint density at radius 1 is 1.29 bits per heavy atom. The van der Waals surface area contributed by atoms with Crippen molar-refractivity contribution in [3.05, 3.63) is 53.9 Å². The lowest BCUT2D eigenvalue weighted by atomic mass is 10.2. The molecule has 0 aliphatic heterocycles. The van der Waals surface area contributed by atoms with Crippen LogP contribution in [0.4, 0.5) is 10.1 Å². The summed E-state index contributed by atoms with van der Waals surface area (Å²) < 4.78 is 13.5. The third-order valence-electron chi connectivity index (χ3n) is 2.20. The number of benzene rings is 1. The van der Waals surface area contributed by atoms with Crippen LogP contribution in [-0.2, 0) is 6.54 Å². The average molecular weight is 228 g/mol. The first-order valence-electron chi connectivity index (χ1n) is 4.97. The third kappa shape index (κ3) is 2.75. The summed E-state index contributed by atoms with van der Waals surface area (Å²) in [5.41, 5.74) is 1.51. The smallest absolute Gasteiger partial charge is 0.147 e. The van der Waals surface area contributed by atoms with E-state index in [9.17, 15) is 4.39 Å². The van der Waals surface area contributed by atoms with Gasteiger partial charge in [0.1, 0.15) is 12.1 Å². The molecule has 0 fully saturated rings. The maximum atomic E-state index is 13.5. The summed E-state index contributed by atoms with van der Waals surface area (Å²) in [5.74, 6) is -0.444. The van der Waals surface area contributed by atoms with Crippen LogP contribution < -0.4 is 5.32 Å². The van der Waals surface area contributed by atoms with Crippen LogP contribution in [0.15, 0.2) is 36.9 Å². The molecular weight excluding hydrogens is 219 g/mol. The fourth-order valence-corrected chi connectivity index (χ4v) is 1.35. The van der Waals surface area contributed by atoms with E-state index in [2.05, 4.69) is 15.3 Å². The molecule has 0 saturated heterocycles. The number of anilines is 1. The number of hydrogen-bond acceptors (Lipinski definition) is 4. The fraction of sp³-hybridized carbons (Fsp3) is 0.0833. The number of hydrogen-bond donors (Lipinski definition) is 1. The fourth-order valence-electron chi connectivity index (χ4n) is 1.35. The second kappa shape index (κ2) is 5.03. The van der Waals surface area contributed by atoms with Gasteiger partial charge in [0.2, 0.25) is 0 Å². The minimum Gasteiger partial charge on any atom is -0.378 e. The van der Waals surface area contributed by atoms with Crippen molar-refractivity contribution >= 4 is 5.69 Å². The topological polar surface area (TPSA) is 61.6 Å². The summed E-state index contributed by atoms with van der Waals surface area (Å²) in [4.78, 5) is 7.72. The lowest BCUT2D eigenvalue weighted by Gasteiger charge is -2.06. The van der Waals surface area contributed by atoms with Gasteiger partial charge in [0.15, 0.2) is 0 Å². The van der Waals surface area contributed by atoms with Crippen molar-refractivity contribution in [1.29, 1.82) is 5.26 Å². The van der Waals surface area contributed by atoms with Gasteiger partial charge < -0.3 is 5.32 Å². The molecule has 0 radical (unpaired) electrons. The summed E-state index contributed by atoms with van der Waals surface area (Å²) in [5, 5.41) is 11.5. The molecule has 4 nitrogen and oxygen atoms in total. The minimum atomic E-state index is -0.444. The molecule has 1 heterocycles. The third-order valence-corrected chi connectivity index (χ3v) is 2.20. The molecule has 0 amide bonds. The molecule has 0 aliphatic rings. The molecule has 2 rings (SSSR count). The summed E-state index contributed by atoms with van der Waals surface area (Å²) in [6.45, 7) is 0.434. The van der Waals surface area contributed by atoms with Crippen molar-refractivity contribution < 1.29 is 4.39 Å². The minimum absolute atomic E-state index is 0.302. The van der Waals surface area contributed by atoms with Gasteiger partial charge in [0, 0.05) is 24.5 Å². The molecule has 1 aromatic heterocycles. The van der Waals surface area contributed by atoms with Gasteiger partial charge in [-0.2, -0.15) is 5.26 Å². The van der Waals surface area contributed by atoms with Crippen LogP contribution in [0.2, 0.25) is 0 Å². The van der Waals surface area contributed by atoms with Crippen LogP contribution in [0.25, 0.3) is 0 Å². The van der Waals surface area contributed by atoms with Gasteiger partial charge in [-0.05, 0) is 18.2 Å². The molecule has 1 N–H and O–H groups in total. The molecule has 0 saturated carbocycles. The highest BCUT2D eigenvalue weighted by Gasteiger charge is 2.03. The van der Waals surface area contributed by atoms with Crippen molar-refractivity contribution in [1.82, 2.24) is 9.97 Å². The number of nitrogens with one attached hydrogen (secondary N) is 1. The SMILES string of the molecule is N#Cc1ccc(NCc2cncnc2)c(F)c1. The largest absolute Gasteiger partial charge is 0.378 e. The van der Waals surface area contributed by atoms with Crippen LogP contribution >= 0.6 is 0 Å². The highest BCUT2D eigenvalue weighted by atomic mass is 19.1. The molecule has 0 unspecified atom stereocenters. The molecule has 84 valence electrons. The van der Waals surface area contributed by atoms with Gasteiger partial charge in [-0.25, -0.2) is 14.4 Å². The number of nitriles is 1. The van der Waals surface area contributed by atoms with Gasteiger partial charge in [-0.1, -0.05) is 0 Å². The Balaban J connectivity index is 2.08. The first-order valence-corrected chi connectivity index (χ1v) is 4.97. The zero-order valence-corrected chi connectivity index (χ0v) is 8.89. The number of halogens is 1. The maximum Gasteiger partial charge on any atom is 0.147 e. The molecule has 5 heteroatoms. The van der Waals surface area contributed by atoms with E-state index in [4.69, 9.17) is 5.26 Å². The zero-order chi connectivity index (χ0) is 12.1. The van der Waals surface area contributed by atoms with Gasteiger partial charge in [-0.3, -0.25) is 0 Å². The van der Waals surface area contributed by atoms with Crippen molar-refractivity contribution in [2.75, 3.05) is 5.32 Å². The van der Waals surface area contributed by atoms with Gasteiger partial charge in [0.05, 0.1) is 17.3 Å². The van der Waals surface area contributed by atoms with Crippen LogP contribution in [0, 0.1) is 17.1 Å². The van der Waals surface area contributed by atoms with E-state index in [1.165, 1.54) is 18.5 Å². The van der Waals surface area contributed by atoms with Gasteiger partial charge in [0.25, 0.3) is 0 Å². The monoisotopic (exact) mass is 228 g/mol. The van der Waals surface area contributed by atoms with E-state index in [0.29, 0.717) is 17.8 Å². The number of rotatable bonds is 3. The molecular formula is C12H9FN4. The average Bonchev–Trinajstić information content (AvgIpc) is 2.38. The summed E-state index contributed by atoms with van der Waals surface area (Å²) in [7, 11) is 0. The molecule has 0 atom stereocenters. The Labute approximate surface area is 97.8 Å². The van der Waals surface area contributed by atoms with E-state index in [0.717, 1.165) is 5.56 Å². The normalized spacial score (nSPS) is 9.65. The number of aromatic nitrogens is 2. The summed E-state index contributed by atoms with van der Waals surface area (Å²) in [6.07, 6.45) is 4.74. The van der Waals surface area contributed by atoms with Gasteiger partial charge >= 0.3 is 0 Å². The predicted molar refractivity (Wildman–Crippen MR) is 60.5 cm³/mol. The highest BCUT2D eigenvalue weighted by Crippen LogP contribution is 2.16. The Morgan fingerprint density at radius 2 is 2.06 bits per heavy atom. The molecule has 2 aromatic rings. The van der Waals surface area contributed by atoms with E-state index >= 15 is 0 Å². The van der Waals surface area contributed by atoms with Crippen LogP contribution in [0.5, 0.6) is 0 Å². The predicted octanol–water partition coefficient (Wildman–Crippen LogP) is 2.10. The van der Waals surface area contributed by atoms with Gasteiger partial charge in [-0.15, -0.1) is 0 Å². The molecule has 0 aliphatic carbocycles. The Morgan fingerprint density at radius 3 is 2.71 bits per heavy atom. The van der Waals surface area contributed by atoms with Crippen molar-refractivity contribution in [2.45, 2.75) is 6.54 Å². The van der Waals surface area contributed by atoms with Crippen molar-refractivity contribution in [3.8, 4) is 6.07 Å². The molecule has 0 spiro atoms. The quantitative estimate of drug-likeness (QED) is 0.873. The first kappa shape index (κ1) is 11.0. The lowest BCUT2D eigenvalue weighted by molar-refractivity contribution is 0.629. The van der Waals surface area contributed by atoms with E-state index in [1.54, 1.807) is 18.5 Å². The molecule has 0 bridgehead atoms. The lowest BCUT2D eigenvalue weighted by Crippen LogP contribution is -2.02. The van der Waals surface area contributed by atoms with Crippen molar-refractivity contribution in [3.63, 3.8) is 0 Å². The summed E-state index contributed by atoms with van der Waals surface area (Å²) in [6, 6.07) is 6.18. The maximum absolute atomic E-state index is 13.5.